The molecule has 0 fully saturated rings. The number of methoxy groups -OCH3 is 1. The third-order valence-electron chi connectivity index (χ3n) is 4.96. The zero-order valence-corrected chi connectivity index (χ0v) is 15.8. The van der Waals surface area contributed by atoms with Gasteiger partial charge in [0.15, 0.2) is 0 Å². The van der Waals surface area contributed by atoms with E-state index in [1.165, 1.54) is 11.1 Å². The molecule has 5 heteroatoms. The van der Waals surface area contributed by atoms with Crippen LogP contribution in [-0.2, 0) is 6.42 Å². The molecule has 1 aliphatic rings. The Morgan fingerprint density at radius 2 is 2.12 bits per heavy atom. The first kappa shape index (κ1) is 17.0. The van der Waals surface area contributed by atoms with Crippen LogP contribution >= 0.6 is 11.6 Å². The summed E-state index contributed by atoms with van der Waals surface area (Å²) in [4.78, 5) is 10.1. The van der Waals surface area contributed by atoms with Gasteiger partial charge in [-0.3, -0.25) is 4.99 Å². The summed E-state index contributed by atoms with van der Waals surface area (Å²) in [6, 6.07) is 12.3. The minimum atomic E-state index is 0.738. The third-order valence-corrected chi connectivity index (χ3v) is 5.20. The van der Waals surface area contributed by atoms with Crippen LogP contribution in [0.4, 0.5) is 0 Å². The van der Waals surface area contributed by atoms with E-state index in [0.29, 0.717) is 0 Å². The zero-order valence-electron chi connectivity index (χ0n) is 15.1. The lowest BCUT2D eigenvalue weighted by Gasteiger charge is -2.18. The van der Waals surface area contributed by atoms with Gasteiger partial charge in [-0.15, -0.1) is 0 Å². The van der Waals surface area contributed by atoms with Crippen LogP contribution in [0.5, 0.6) is 5.75 Å². The van der Waals surface area contributed by atoms with E-state index in [4.69, 9.17) is 16.3 Å². The predicted molar refractivity (Wildman–Crippen MR) is 109 cm³/mol. The van der Waals surface area contributed by atoms with Gasteiger partial charge < -0.3 is 14.6 Å². The van der Waals surface area contributed by atoms with E-state index in [1.807, 2.05) is 30.6 Å². The average molecular weight is 368 g/mol. The van der Waals surface area contributed by atoms with Crippen LogP contribution in [0.3, 0.4) is 0 Å². The van der Waals surface area contributed by atoms with Crippen LogP contribution in [0, 0.1) is 6.92 Å². The summed E-state index contributed by atoms with van der Waals surface area (Å²) >= 11 is 6.28. The number of aliphatic imine (C=N–C) groups is 1. The van der Waals surface area contributed by atoms with Gasteiger partial charge in [-0.2, -0.15) is 0 Å². The number of ether oxygens (including phenoxy) is 1. The average Bonchev–Trinajstić information content (AvgIpc) is 3.26. The topological polar surface area (TPSA) is 40.6 Å². The van der Waals surface area contributed by atoms with Crippen LogP contribution in [0.15, 0.2) is 41.4 Å². The number of hydrogen-bond acceptors (Lipinski definition) is 3. The Morgan fingerprint density at radius 1 is 1.23 bits per heavy atom. The molecule has 0 saturated carbocycles. The Hall–Kier alpha value is -2.46. The number of aryl methyl sites for hydroxylation is 1. The van der Waals surface area contributed by atoms with Crippen molar-refractivity contribution in [3.05, 3.63) is 52.7 Å². The molecule has 0 saturated heterocycles. The molecule has 134 valence electrons. The zero-order chi connectivity index (χ0) is 18.1. The number of aromatic nitrogens is 1. The molecule has 0 amide bonds. The van der Waals surface area contributed by atoms with Crippen LogP contribution in [0.25, 0.3) is 22.0 Å². The van der Waals surface area contributed by atoms with E-state index in [9.17, 15) is 0 Å². The maximum atomic E-state index is 6.28. The number of nitrogens with zero attached hydrogens (tertiary/aromatic N) is 2. The highest BCUT2D eigenvalue weighted by Gasteiger charge is 2.19. The summed E-state index contributed by atoms with van der Waals surface area (Å²) in [5.74, 6) is 0.890. The number of rotatable bonds is 5. The van der Waals surface area contributed by atoms with Gasteiger partial charge in [0.1, 0.15) is 5.75 Å². The SMILES string of the molecule is COc1cccc(CCN2C=NCC2)c1-c1c(C)[nH]c2ccc(Cl)cc12. The van der Waals surface area contributed by atoms with Crippen molar-refractivity contribution in [1.82, 2.24) is 9.88 Å². The molecule has 0 unspecified atom stereocenters. The van der Waals surface area contributed by atoms with Crippen molar-refractivity contribution in [2.24, 2.45) is 4.99 Å². The van der Waals surface area contributed by atoms with Crippen LogP contribution in [0.1, 0.15) is 11.3 Å². The monoisotopic (exact) mass is 367 g/mol. The quantitative estimate of drug-likeness (QED) is 0.710. The summed E-state index contributed by atoms with van der Waals surface area (Å²) in [5, 5.41) is 1.87. The van der Waals surface area contributed by atoms with Crippen molar-refractivity contribution in [2.45, 2.75) is 13.3 Å². The van der Waals surface area contributed by atoms with E-state index >= 15 is 0 Å². The smallest absolute Gasteiger partial charge is 0.127 e. The highest BCUT2D eigenvalue weighted by molar-refractivity contribution is 6.31. The van der Waals surface area contributed by atoms with E-state index in [-0.39, 0.29) is 0 Å². The van der Waals surface area contributed by atoms with E-state index in [0.717, 1.165) is 59.0 Å². The molecule has 4 nitrogen and oxygen atoms in total. The maximum absolute atomic E-state index is 6.28. The number of nitrogens with one attached hydrogen (secondary N) is 1. The Labute approximate surface area is 158 Å². The van der Waals surface area contributed by atoms with Crippen molar-refractivity contribution in [3.63, 3.8) is 0 Å². The number of halogens is 1. The van der Waals surface area contributed by atoms with Crippen molar-refractivity contribution in [2.75, 3.05) is 26.7 Å². The molecule has 26 heavy (non-hydrogen) atoms. The fraction of sp³-hybridized carbons (Fsp3) is 0.286. The molecule has 0 bridgehead atoms. The maximum Gasteiger partial charge on any atom is 0.127 e. The molecule has 0 aliphatic carbocycles. The molecule has 4 rings (SSSR count). The molecule has 2 heterocycles. The molecular weight excluding hydrogens is 346 g/mol. The Bertz CT molecular complexity index is 977. The molecule has 2 aromatic carbocycles. The standard InChI is InChI=1S/C21H22ClN3O/c1-14-20(17-12-16(22)6-7-18(17)24-14)21-15(4-3-5-19(21)26-2)8-10-25-11-9-23-13-25/h3-7,12-13,24H,8-11H2,1-2H3. The number of hydrogen-bond donors (Lipinski definition) is 1. The molecule has 3 aromatic rings. The van der Waals surface area contributed by atoms with E-state index < -0.39 is 0 Å². The largest absolute Gasteiger partial charge is 0.496 e. The molecule has 0 radical (unpaired) electrons. The van der Waals surface area contributed by atoms with Crippen molar-refractivity contribution < 1.29 is 4.74 Å². The van der Waals surface area contributed by atoms with Gasteiger partial charge >= 0.3 is 0 Å². The number of benzene rings is 2. The molecule has 1 N–H and O–H groups in total. The number of fused-ring (bicyclic) bond motifs is 1. The molecule has 1 aliphatic heterocycles. The van der Waals surface area contributed by atoms with E-state index in [2.05, 4.69) is 33.9 Å². The molecule has 0 atom stereocenters. The van der Waals surface area contributed by atoms with Gasteiger partial charge in [-0.1, -0.05) is 23.7 Å². The van der Waals surface area contributed by atoms with Gasteiger partial charge in [-0.05, 0) is 43.2 Å². The lowest BCUT2D eigenvalue weighted by atomic mass is 9.94. The summed E-state index contributed by atoms with van der Waals surface area (Å²) in [7, 11) is 1.73. The molecule has 0 spiro atoms. The summed E-state index contributed by atoms with van der Waals surface area (Å²) in [6.45, 7) is 4.95. The highest BCUT2D eigenvalue weighted by atomic mass is 35.5. The third kappa shape index (κ3) is 3.06. The van der Waals surface area contributed by atoms with Crippen molar-refractivity contribution in [1.29, 1.82) is 0 Å². The first-order valence-electron chi connectivity index (χ1n) is 8.85. The van der Waals surface area contributed by atoms with Gasteiger partial charge in [0.05, 0.1) is 20.0 Å². The second kappa shape index (κ2) is 7.04. The number of H-pyrrole nitrogens is 1. The minimum Gasteiger partial charge on any atom is -0.496 e. The second-order valence-corrected chi connectivity index (χ2v) is 7.05. The van der Waals surface area contributed by atoms with Gasteiger partial charge in [-0.25, -0.2) is 0 Å². The lowest BCUT2D eigenvalue weighted by Crippen LogP contribution is -2.22. The first-order valence-corrected chi connectivity index (χ1v) is 9.23. The normalized spacial score (nSPS) is 13.7. The highest BCUT2D eigenvalue weighted by Crippen LogP contribution is 2.41. The summed E-state index contributed by atoms with van der Waals surface area (Å²) < 4.78 is 5.73. The Morgan fingerprint density at radius 3 is 2.88 bits per heavy atom. The van der Waals surface area contributed by atoms with E-state index in [1.54, 1.807) is 7.11 Å². The van der Waals surface area contributed by atoms with Crippen LogP contribution in [-0.4, -0.2) is 43.0 Å². The van der Waals surface area contributed by atoms with Gasteiger partial charge in [0.2, 0.25) is 0 Å². The van der Waals surface area contributed by atoms with Gasteiger partial charge in [0, 0.05) is 45.8 Å². The molecule has 1 aromatic heterocycles. The first-order chi connectivity index (χ1) is 12.7. The molecular formula is C21H22ClN3O. The predicted octanol–water partition coefficient (Wildman–Crippen LogP) is 4.69. The minimum absolute atomic E-state index is 0.738. The second-order valence-electron chi connectivity index (χ2n) is 6.62. The van der Waals surface area contributed by atoms with Crippen molar-refractivity contribution >= 4 is 28.8 Å². The fourth-order valence-corrected chi connectivity index (χ4v) is 3.88. The summed E-state index contributed by atoms with van der Waals surface area (Å²) in [5.41, 5.74) is 5.80. The fourth-order valence-electron chi connectivity index (χ4n) is 3.71. The Kier molecular flexibility index (Phi) is 4.60. The van der Waals surface area contributed by atoms with Crippen LogP contribution < -0.4 is 4.74 Å². The summed E-state index contributed by atoms with van der Waals surface area (Å²) in [6.07, 6.45) is 2.89. The van der Waals surface area contributed by atoms with Crippen LogP contribution in [0.2, 0.25) is 5.02 Å². The Balaban J connectivity index is 1.83. The van der Waals surface area contributed by atoms with Crippen molar-refractivity contribution in [3.8, 4) is 16.9 Å². The number of aromatic amines is 1. The van der Waals surface area contributed by atoms with Gasteiger partial charge in [0.25, 0.3) is 0 Å². The lowest BCUT2D eigenvalue weighted by molar-refractivity contribution is 0.415.